The monoisotopic (exact) mass is 461 g/mol. The minimum absolute atomic E-state index is 0.0576. The number of carbonyl (C=O) groups is 2. The van der Waals surface area contributed by atoms with Crippen molar-refractivity contribution in [1.82, 2.24) is 14.3 Å². The molecule has 1 aromatic heterocycles. The first-order valence-electron chi connectivity index (χ1n) is 9.09. The lowest BCUT2D eigenvalue weighted by Gasteiger charge is -2.09. The second-order valence-electron chi connectivity index (χ2n) is 6.19. The Labute approximate surface area is 183 Å². The standard InChI is InChI=1S/C17H16FN3O2S.C4H4O4/c1-19-11-13-12-21(24(22,23)14-7-3-2-4-8-14)17(20-13)15-9-5-6-10-16(15)18;5-3(6)1-2-4(7)8/h2-10,12,19H,11H2,1H3;1-2H,(H,5,6)(H,7,8)/b;2-1+. The van der Waals surface area contributed by atoms with E-state index in [0.29, 0.717) is 24.4 Å². The molecule has 32 heavy (non-hydrogen) atoms. The zero-order valence-corrected chi connectivity index (χ0v) is 17.7. The van der Waals surface area contributed by atoms with Gasteiger partial charge >= 0.3 is 11.9 Å². The Morgan fingerprint density at radius 1 is 1.03 bits per heavy atom. The molecule has 0 unspecified atom stereocenters. The molecular formula is C21H20FN3O6S. The van der Waals surface area contributed by atoms with Gasteiger partial charge in [0.15, 0.2) is 5.82 Å². The van der Waals surface area contributed by atoms with Gasteiger partial charge in [-0.1, -0.05) is 30.3 Å². The van der Waals surface area contributed by atoms with Gasteiger partial charge in [-0.2, -0.15) is 0 Å². The largest absolute Gasteiger partial charge is 0.478 e. The van der Waals surface area contributed by atoms with E-state index in [2.05, 4.69) is 10.3 Å². The number of carboxylic acids is 2. The molecule has 0 spiro atoms. The Hall–Kier alpha value is -3.83. The van der Waals surface area contributed by atoms with E-state index in [1.165, 1.54) is 30.5 Å². The Morgan fingerprint density at radius 2 is 1.59 bits per heavy atom. The maximum atomic E-state index is 14.2. The maximum absolute atomic E-state index is 14.2. The van der Waals surface area contributed by atoms with Crippen LogP contribution in [0.25, 0.3) is 11.4 Å². The van der Waals surface area contributed by atoms with Gasteiger partial charge in [-0.05, 0) is 31.3 Å². The average molecular weight is 461 g/mol. The average Bonchev–Trinajstić information content (AvgIpc) is 3.18. The molecule has 9 nitrogen and oxygen atoms in total. The third kappa shape index (κ3) is 6.33. The van der Waals surface area contributed by atoms with E-state index >= 15 is 0 Å². The molecule has 11 heteroatoms. The van der Waals surface area contributed by atoms with Gasteiger partial charge in [0, 0.05) is 24.9 Å². The number of hydrogen-bond acceptors (Lipinski definition) is 6. The summed E-state index contributed by atoms with van der Waals surface area (Å²) in [6.07, 6.45) is 2.53. The Bertz CT molecular complexity index is 1210. The van der Waals surface area contributed by atoms with Crippen LogP contribution in [0.5, 0.6) is 0 Å². The van der Waals surface area contributed by atoms with Crippen LogP contribution in [-0.2, 0) is 26.2 Å². The van der Waals surface area contributed by atoms with Crippen molar-refractivity contribution in [3.63, 3.8) is 0 Å². The van der Waals surface area contributed by atoms with Gasteiger partial charge in [0.2, 0.25) is 0 Å². The number of hydrogen-bond donors (Lipinski definition) is 3. The number of carboxylic acid groups (broad SMARTS) is 2. The van der Waals surface area contributed by atoms with Gasteiger partial charge < -0.3 is 15.5 Å². The first-order valence-corrected chi connectivity index (χ1v) is 10.5. The van der Waals surface area contributed by atoms with Crippen molar-refractivity contribution in [3.05, 3.63) is 84.5 Å². The Kier molecular flexibility index (Phi) is 8.38. The molecule has 0 aliphatic heterocycles. The molecule has 0 aliphatic rings. The van der Waals surface area contributed by atoms with Crippen molar-refractivity contribution in [3.8, 4) is 11.4 Å². The fourth-order valence-electron chi connectivity index (χ4n) is 2.53. The first kappa shape index (κ1) is 24.4. The summed E-state index contributed by atoms with van der Waals surface area (Å²) in [7, 11) is -2.14. The summed E-state index contributed by atoms with van der Waals surface area (Å²) in [5.41, 5.74) is 0.648. The molecule has 0 aliphatic carbocycles. The number of aromatic nitrogens is 2. The highest BCUT2D eigenvalue weighted by molar-refractivity contribution is 7.90. The minimum Gasteiger partial charge on any atom is -0.478 e. The molecule has 0 radical (unpaired) electrons. The molecule has 0 fully saturated rings. The quantitative estimate of drug-likeness (QED) is 0.456. The molecule has 3 N–H and O–H groups in total. The smallest absolute Gasteiger partial charge is 0.328 e. The fourth-order valence-corrected chi connectivity index (χ4v) is 3.89. The van der Waals surface area contributed by atoms with Crippen molar-refractivity contribution in [1.29, 1.82) is 0 Å². The summed E-state index contributed by atoms with van der Waals surface area (Å²) in [4.78, 5) is 23.5. The lowest BCUT2D eigenvalue weighted by molar-refractivity contribution is -0.134. The highest BCUT2D eigenvalue weighted by atomic mass is 32.2. The Morgan fingerprint density at radius 3 is 2.12 bits per heavy atom. The molecule has 3 rings (SSSR count). The number of benzene rings is 2. The summed E-state index contributed by atoms with van der Waals surface area (Å²) in [5.74, 6) is -2.98. The summed E-state index contributed by atoms with van der Waals surface area (Å²) in [5, 5.41) is 18.5. The van der Waals surface area contributed by atoms with Crippen LogP contribution in [0, 0.1) is 5.82 Å². The number of rotatable bonds is 7. The molecule has 0 amide bonds. The van der Waals surface area contributed by atoms with Gasteiger partial charge in [-0.15, -0.1) is 0 Å². The molecule has 0 bridgehead atoms. The summed E-state index contributed by atoms with van der Waals surface area (Å²) in [6, 6.07) is 14.0. The lowest BCUT2D eigenvalue weighted by Crippen LogP contribution is -2.14. The lowest BCUT2D eigenvalue weighted by atomic mass is 10.2. The Balaban J connectivity index is 0.000000390. The number of halogens is 1. The predicted molar refractivity (Wildman–Crippen MR) is 114 cm³/mol. The summed E-state index contributed by atoms with van der Waals surface area (Å²) in [6.45, 7) is 0.374. The van der Waals surface area contributed by atoms with E-state index in [-0.39, 0.29) is 16.3 Å². The molecule has 168 valence electrons. The molecule has 0 saturated carbocycles. The first-order chi connectivity index (χ1) is 15.2. The van der Waals surface area contributed by atoms with Crippen molar-refractivity contribution in [2.75, 3.05) is 7.05 Å². The molecule has 3 aromatic rings. The third-order valence-electron chi connectivity index (χ3n) is 3.87. The zero-order valence-electron chi connectivity index (χ0n) is 16.8. The second kappa shape index (κ2) is 11.0. The second-order valence-corrected chi connectivity index (χ2v) is 8.00. The molecule has 2 aromatic carbocycles. The fraction of sp³-hybridized carbons (Fsp3) is 0.0952. The van der Waals surface area contributed by atoms with Crippen molar-refractivity contribution < 1.29 is 32.6 Å². The van der Waals surface area contributed by atoms with Gasteiger partial charge in [-0.25, -0.2) is 31.4 Å². The van der Waals surface area contributed by atoms with Crippen LogP contribution in [-0.4, -0.2) is 46.6 Å². The van der Waals surface area contributed by atoms with Gasteiger partial charge in [0.1, 0.15) is 5.82 Å². The van der Waals surface area contributed by atoms with Crippen molar-refractivity contribution in [2.24, 2.45) is 0 Å². The third-order valence-corrected chi connectivity index (χ3v) is 5.53. The van der Waals surface area contributed by atoms with Crippen LogP contribution in [0.4, 0.5) is 4.39 Å². The predicted octanol–water partition coefficient (Wildman–Crippen LogP) is 2.36. The topological polar surface area (TPSA) is 139 Å². The summed E-state index contributed by atoms with van der Waals surface area (Å²) >= 11 is 0. The van der Waals surface area contributed by atoms with Crippen molar-refractivity contribution >= 4 is 22.0 Å². The highest BCUT2D eigenvalue weighted by Gasteiger charge is 2.24. The van der Waals surface area contributed by atoms with Gasteiger partial charge in [0.05, 0.1) is 16.2 Å². The SMILES string of the molecule is CNCc1cn(S(=O)(=O)c2ccccc2)c(-c2ccccc2F)n1.O=C(O)/C=C/C(=O)O. The van der Waals surface area contributed by atoms with Crippen LogP contribution >= 0.6 is 0 Å². The van der Waals surface area contributed by atoms with Gasteiger partial charge in [-0.3, -0.25) is 0 Å². The number of aliphatic carboxylic acids is 2. The molecular weight excluding hydrogens is 441 g/mol. The van der Waals surface area contributed by atoms with Crippen LogP contribution in [0.1, 0.15) is 5.69 Å². The van der Waals surface area contributed by atoms with Crippen LogP contribution < -0.4 is 5.32 Å². The van der Waals surface area contributed by atoms with Gasteiger partial charge in [0.25, 0.3) is 10.0 Å². The maximum Gasteiger partial charge on any atom is 0.328 e. The van der Waals surface area contributed by atoms with E-state index in [9.17, 15) is 22.4 Å². The normalized spacial score (nSPS) is 11.1. The van der Waals surface area contributed by atoms with E-state index in [4.69, 9.17) is 10.2 Å². The van der Waals surface area contributed by atoms with E-state index in [1.54, 1.807) is 37.4 Å². The van der Waals surface area contributed by atoms with E-state index in [1.807, 2.05) is 0 Å². The molecule has 1 heterocycles. The van der Waals surface area contributed by atoms with Crippen molar-refractivity contribution in [2.45, 2.75) is 11.4 Å². The van der Waals surface area contributed by atoms with Crippen LogP contribution in [0.15, 0.2) is 77.8 Å². The number of imidazole rings is 1. The molecule has 0 saturated heterocycles. The van der Waals surface area contributed by atoms with Crippen LogP contribution in [0.3, 0.4) is 0 Å². The van der Waals surface area contributed by atoms with E-state index < -0.39 is 27.8 Å². The molecule has 0 atom stereocenters. The number of nitrogens with one attached hydrogen (secondary N) is 1. The minimum atomic E-state index is -3.87. The summed E-state index contributed by atoms with van der Waals surface area (Å²) < 4.78 is 41.1. The van der Waals surface area contributed by atoms with Crippen LogP contribution in [0.2, 0.25) is 0 Å². The zero-order chi connectivity index (χ0) is 23.7. The highest BCUT2D eigenvalue weighted by Crippen LogP contribution is 2.26. The number of nitrogens with zero attached hydrogens (tertiary/aromatic N) is 2. The van der Waals surface area contributed by atoms with E-state index in [0.717, 1.165) is 3.97 Å².